The number of hydrogen-bond donors (Lipinski definition) is 0. The third kappa shape index (κ3) is 2.84. The highest BCUT2D eigenvalue weighted by Gasteiger charge is 2.19. The summed E-state index contributed by atoms with van der Waals surface area (Å²) >= 11 is 0. The summed E-state index contributed by atoms with van der Waals surface area (Å²) in [6, 6.07) is 0. The van der Waals surface area contributed by atoms with E-state index in [2.05, 4.69) is 5.10 Å². The van der Waals surface area contributed by atoms with Crippen molar-refractivity contribution < 1.29 is 21.1 Å². The zero-order valence-electron chi connectivity index (χ0n) is 8.10. The van der Waals surface area contributed by atoms with Crippen molar-refractivity contribution in [1.82, 2.24) is 14.3 Å². The molecule has 0 unspecified atom stereocenters. The van der Waals surface area contributed by atoms with Gasteiger partial charge in [0.2, 0.25) is 5.82 Å². The molecule has 0 aliphatic heterocycles. The number of alkyl halides is 2. The van der Waals surface area contributed by atoms with Crippen molar-refractivity contribution in [3.63, 3.8) is 0 Å². The smallest absolute Gasteiger partial charge is 0.277 e. The summed E-state index contributed by atoms with van der Waals surface area (Å²) in [5.41, 5.74) is -0.918. The first kappa shape index (κ1) is 12.7. The molecule has 0 amide bonds. The van der Waals surface area contributed by atoms with Gasteiger partial charge in [-0.1, -0.05) is 0 Å². The molecule has 0 radical (unpaired) electrons. The zero-order valence-corrected chi connectivity index (χ0v) is 8.92. The Labute approximate surface area is 88.5 Å². The van der Waals surface area contributed by atoms with Crippen molar-refractivity contribution in [2.24, 2.45) is 7.05 Å². The molecule has 1 rings (SSSR count). The Balaban J connectivity index is 2.99. The van der Waals surface area contributed by atoms with Gasteiger partial charge in [0.25, 0.3) is 6.43 Å². The first-order valence-corrected chi connectivity index (χ1v) is 5.62. The summed E-state index contributed by atoms with van der Waals surface area (Å²) in [6.45, 7) is -0.599. The van der Waals surface area contributed by atoms with Crippen LogP contribution in [0, 0.1) is 0 Å². The highest BCUT2D eigenvalue weighted by Crippen LogP contribution is 2.13. The van der Waals surface area contributed by atoms with Gasteiger partial charge in [-0.15, -0.1) is 8.98 Å². The minimum absolute atomic E-state index is 0.485. The maximum atomic E-state index is 12.3. The van der Waals surface area contributed by atoms with Crippen LogP contribution in [-0.2, 0) is 23.8 Å². The first-order chi connectivity index (χ1) is 7.22. The summed E-state index contributed by atoms with van der Waals surface area (Å²) in [6.07, 6.45) is -2.96. The Hall–Kier alpha value is -1.32. The van der Waals surface area contributed by atoms with Gasteiger partial charge in [-0.2, -0.15) is 8.42 Å². The van der Waals surface area contributed by atoms with E-state index >= 15 is 0 Å². The summed E-state index contributed by atoms with van der Waals surface area (Å²) in [5.74, 6) is -1.77. The molecule has 0 spiro atoms. The van der Waals surface area contributed by atoms with Crippen LogP contribution < -0.4 is 5.69 Å². The van der Waals surface area contributed by atoms with Crippen LogP contribution in [0.4, 0.5) is 12.7 Å². The van der Waals surface area contributed by atoms with Crippen LogP contribution in [0.25, 0.3) is 0 Å². The normalized spacial score (nSPS) is 12.3. The van der Waals surface area contributed by atoms with E-state index in [1.807, 2.05) is 0 Å². The molecule has 0 saturated carbocycles. The molecule has 0 saturated heterocycles. The second-order valence-electron chi connectivity index (χ2n) is 2.97. The second kappa shape index (κ2) is 4.28. The summed E-state index contributed by atoms with van der Waals surface area (Å²) in [4.78, 5) is 11.2. The molecule has 1 aromatic heterocycles. The van der Waals surface area contributed by atoms with Crippen molar-refractivity contribution in [2.75, 3.05) is 5.75 Å². The molecule has 16 heavy (non-hydrogen) atoms. The van der Waals surface area contributed by atoms with Gasteiger partial charge in [-0.25, -0.2) is 18.3 Å². The number of aromatic nitrogens is 3. The van der Waals surface area contributed by atoms with Gasteiger partial charge in [0.05, 0.1) is 12.3 Å². The standard InChI is InChI=1S/C6H8F3N3O3S/c1-11-5(4(7)8)10-12(6(11)13)2-3-16(9,14)15/h4H,2-3H2,1H3. The molecule has 10 heteroatoms. The quantitative estimate of drug-likeness (QED) is 0.703. The van der Waals surface area contributed by atoms with Crippen LogP contribution in [0.5, 0.6) is 0 Å². The third-order valence-corrected chi connectivity index (χ3v) is 2.49. The minimum Gasteiger partial charge on any atom is -0.277 e. The van der Waals surface area contributed by atoms with E-state index < -0.39 is 40.5 Å². The van der Waals surface area contributed by atoms with Crippen LogP contribution >= 0.6 is 0 Å². The Bertz CT molecular complexity index is 533. The van der Waals surface area contributed by atoms with Crippen LogP contribution in [0.2, 0.25) is 0 Å². The van der Waals surface area contributed by atoms with Crippen molar-refractivity contribution >= 4 is 10.2 Å². The number of aryl methyl sites for hydroxylation is 1. The zero-order chi connectivity index (χ0) is 12.5. The molecule has 0 fully saturated rings. The molecule has 0 atom stereocenters. The van der Waals surface area contributed by atoms with E-state index in [0.29, 0.717) is 9.25 Å². The number of halogens is 3. The number of nitrogens with zero attached hydrogens (tertiary/aromatic N) is 3. The van der Waals surface area contributed by atoms with Gasteiger partial charge >= 0.3 is 15.9 Å². The van der Waals surface area contributed by atoms with Crippen molar-refractivity contribution in [2.45, 2.75) is 13.0 Å². The molecule has 1 aromatic rings. The fourth-order valence-corrected chi connectivity index (χ4v) is 1.43. The predicted octanol–water partition coefficient (Wildman–Crippen LogP) is -0.181. The van der Waals surface area contributed by atoms with E-state index in [0.717, 1.165) is 7.05 Å². The number of rotatable bonds is 4. The number of hydrogen-bond acceptors (Lipinski definition) is 4. The third-order valence-electron chi connectivity index (χ3n) is 1.82. The molecule has 1 heterocycles. The molecule has 0 bridgehead atoms. The highest BCUT2D eigenvalue weighted by atomic mass is 32.3. The SMILES string of the molecule is Cn1c(C(F)F)nn(CCS(=O)(=O)F)c1=O. The molecular weight excluding hydrogens is 251 g/mol. The minimum atomic E-state index is -4.76. The second-order valence-corrected chi connectivity index (χ2v) is 4.45. The average Bonchev–Trinajstić information content (AvgIpc) is 2.40. The lowest BCUT2D eigenvalue weighted by molar-refractivity contribution is 0.135. The van der Waals surface area contributed by atoms with Gasteiger partial charge in [-0.05, 0) is 0 Å². The maximum Gasteiger partial charge on any atom is 0.345 e. The monoisotopic (exact) mass is 259 g/mol. The molecule has 92 valence electrons. The lowest BCUT2D eigenvalue weighted by atomic mass is 10.6. The summed E-state index contributed by atoms with van der Waals surface area (Å²) in [5, 5.41) is 3.20. The maximum absolute atomic E-state index is 12.3. The molecule has 0 aliphatic rings. The summed E-state index contributed by atoms with van der Waals surface area (Å²) < 4.78 is 58.1. The average molecular weight is 259 g/mol. The van der Waals surface area contributed by atoms with E-state index in [1.165, 1.54) is 0 Å². The molecule has 0 N–H and O–H groups in total. The predicted molar refractivity (Wildman–Crippen MR) is 47.3 cm³/mol. The fraction of sp³-hybridized carbons (Fsp3) is 0.667. The summed E-state index contributed by atoms with van der Waals surface area (Å²) in [7, 11) is -3.69. The van der Waals surface area contributed by atoms with Gasteiger partial charge in [0, 0.05) is 7.05 Å². The largest absolute Gasteiger partial charge is 0.345 e. The van der Waals surface area contributed by atoms with Crippen LogP contribution in [0.1, 0.15) is 12.2 Å². The highest BCUT2D eigenvalue weighted by molar-refractivity contribution is 7.86. The molecular formula is C6H8F3N3O3S. The van der Waals surface area contributed by atoms with Gasteiger partial charge in [0.1, 0.15) is 0 Å². The van der Waals surface area contributed by atoms with Crippen LogP contribution in [0.3, 0.4) is 0 Å². The van der Waals surface area contributed by atoms with E-state index in [4.69, 9.17) is 0 Å². The van der Waals surface area contributed by atoms with Gasteiger partial charge in [0.15, 0.2) is 0 Å². The van der Waals surface area contributed by atoms with Crippen LogP contribution in [0.15, 0.2) is 4.79 Å². The Kier molecular flexibility index (Phi) is 3.41. The molecule has 0 aliphatic carbocycles. The van der Waals surface area contributed by atoms with Crippen molar-refractivity contribution in [3.8, 4) is 0 Å². The van der Waals surface area contributed by atoms with Crippen molar-refractivity contribution in [1.29, 1.82) is 0 Å². The molecule has 0 aromatic carbocycles. The van der Waals surface area contributed by atoms with Crippen molar-refractivity contribution in [3.05, 3.63) is 16.3 Å². The van der Waals surface area contributed by atoms with E-state index in [1.54, 1.807) is 0 Å². The fourth-order valence-electron chi connectivity index (χ4n) is 1.04. The van der Waals surface area contributed by atoms with E-state index in [9.17, 15) is 25.9 Å². The Morgan fingerprint density at radius 3 is 2.38 bits per heavy atom. The first-order valence-electron chi connectivity index (χ1n) is 4.06. The topological polar surface area (TPSA) is 74.0 Å². The molecule has 6 nitrogen and oxygen atoms in total. The lowest BCUT2D eigenvalue weighted by Gasteiger charge is -1.95. The van der Waals surface area contributed by atoms with E-state index in [-0.39, 0.29) is 0 Å². The van der Waals surface area contributed by atoms with Crippen LogP contribution in [-0.4, -0.2) is 28.5 Å². The van der Waals surface area contributed by atoms with Gasteiger partial charge in [-0.3, -0.25) is 4.57 Å². The Morgan fingerprint density at radius 2 is 2.00 bits per heavy atom. The lowest BCUT2D eigenvalue weighted by Crippen LogP contribution is -2.25. The van der Waals surface area contributed by atoms with Gasteiger partial charge < -0.3 is 0 Å². The Morgan fingerprint density at radius 1 is 1.44 bits per heavy atom.